The molecule has 1 aliphatic heterocycles. The van der Waals surface area contributed by atoms with Gasteiger partial charge in [0.1, 0.15) is 8.42 Å². The molecule has 10 heteroatoms. The first-order valence-corrected chi connectivity index (χ1v) is 13.7. The minimum absolute atomic E-state index is 0.00436. The number of sulfonamides is 2. The molecule has 4 rings (SSSR count). The lowest BCUT2D eigenvalue weighted by Gasteiger charge is -2.25. The van der Waals surface area contributed by atoms with Crippen LogP contribution < -0.4 is 9.62 Å². The maximum absolute atomic E-state index is 13.1. The number of para-hydroxylation sites is 1. The molecule has 7 nitrogen and oxygen atoms in total. The molecule has 1 aromatic heterocycles. The molecule has 2 unspecified atom stereocenters. The molecule has 1 N–H and O–H groups in total. The first kappa shape index (κ1) is 21.6. The molecule has 30 heavy (non-hydrogen) atoms. The van der Waals surface area contributed by atoms with Crippen LogP contribution in [0.25, 0.3) is 0 Å². The first-order chi connectivity index (χ1) is 14.1. The molecule has 0 spiro atoms. The third-order valence-electron chi connectivity index (χ3n) is 6.08. The highest BCUT2D eigenvalue weighted by Gasteiger charge is 2.37. The minimum Gasteiger partial charge on any atom is -0.369 e. The fourth-order valence-corrected chi connectivity index (χ4v) is 8.54. The number of fused-ring (bicyclic) bond motifs is 1. The summed E-state index contributed by atoms with van der Waals surface area (Å²) in [6.45, 7) is 3.90. The summed E-state index contributed by atoms with van der Waals surface area (Å²) in [5, 5.41) is 0. The number of rotatable bonds is 6. The van der Waals surface area contributed by atoms with Crippen LogP contribution in [0.2, 0.25) is 0 Å². The minimum atomic E-state index is -3.91. The van der Waals surface area contributed by atoms with Crippen LogP contribution in [0.15, 0.2) is 38.8 Å². The molecule has 0 radical (unpaired) electrons. The molecule has 2 atom stereocenters. The van der Waals surface area contributed by atoms with Crippen LogP contribution in [0, 0.1) is 18.8 Å². The van der Waals surface area contributed by atoms with Crippen LogP contribution in [-0.4, -0.2) is 48.3 Å². The Kier molecular flexibility index (Phi) is 5.63. The third-order valence-corrected chi connectivity index (χ3v) is 11.3. The zero-order chi connectivity index (χ0) is 21.7. The molecule has 1 saturated heterocycles. The van der Waals surface area contributed by atoms with Crippen LogP contribution >= 0.6 is 11.3 Å². The molecule has 1 saturated carbocycles. The van der Waals surface area contributed by atoms with Crippen molar-refractivity contribution in [1.29, 1.82) is 0 Å². The summed E-state index contributed by atoms with van der Waals surface area (Å²) in [6, 6.07) is 8.30. The molecule has 1 aromatic carbocycles. The molecule has 0 amide bonds. The van der Waals surface area contributed by atoms with Crippen molar-refractivity contribution >= 4 is 42.8 Å². The normalized spacial score (nSPS) is 21.9. The zero-order valence-electron chi connectivity index (χ0n) is 17.3. The lowest BCUT2D eigenvalue weighted by molar-refractivity contribution is 0.494. The fourth-order valence-electron chi connectivity index (χ4n) is 4.54. The maximum atomic E-state index is 13.1. The van der Waals surface area contributed by atoms with E-state index in [9.17, 15) is 16.8 Å². The van der Waals surface area contributed by atoms with Gasteiger partial charge in [-0.25, -0.2) is 21.1 Å². The van der Waals surface area contributed by atoms with Crippen molar-refractivity contribution in [2.45, 2.75) is 34.6 Å². The molecule has 2 aliphatic rings. The number of hydrogen-bond donors (Lipinski definition) is 1. The van der Waals surface area contributed by atoms with E-state index in [1.807, 2.05) is 19.1 Å². The molecule has 164 valence electrons. The summed E-state index contributed by atoms with van der Waals surface area (Å²) in [4.78, 5) is 2.30. The zero-order valence-corrected chi connectivity index (χ0v) is 19.8. The Bertz CT molecular complexity index is 1140. The predicted octanol–water partition coefficient (Wildman–Crippen LogP) is 3.34. The number of aryl methyl sites for hydroxylation is 1. The van der Waals surface area contributed by atoms with Gasteiger partial charge in [-0.15, -0.1) is 11.3 Å². The smallest absolute Gasteiger partial charge is 0.271 e. The van der Waals surface area contributed by atoms with Gasteiger partial charge in [0, 0.05) is 27.2 Å². The largest absolute Gasteiger partial charge is 0.369 e. The Hall–Kier alpha value is -1.62. The SMILES string of the molecule is Cc1cccc(NS(=O)(=O)c2ccc(S(=O)(=O)N(C)C)s2)c1N1CC2CCCC2C1. The third kappa shape index (κ3) is 3.86. The number of hydrogen-bond acceptors (Lipinski definition) is 6. The number of thiophene rings is 1. The van der Waals surface area contributed by atoms with E-state index in [4.69, 9.17) is 0 Å². The van der Waals surface area contributed by atoms with Gasteiger partial charge in [0.05, 0.1) is 11.4 Å². The molecular formula is C20H27N3O4S3. The summed E-state index contributed by atoms with van der Waals surface area (Å²) in [5.74, 6) is 1.37. The van der Waals surface area contributed by atoms with E-state index in [-0.39, 0.29) is 8.42 Å². The monoisotopic (exact) mass is 469 g/mol. The highest BCUT2D eigenvalue weighted by atomic mass is 32.3. The van der Waals surface area contributed by atoms with Crippen molar-refractivity contribution in [3.63, 3.8) is 0 Å². The summed E-state index contributed by atoms with van der Waals surface area (Å²) < 4.78 is 54.5. The number of nitrogens with one attached hydrogen (secondary N) is 1. The van der Waals surface area contributed by atoms with Gasteiger partial charge in [-0.1, -0.05) is 18.6 Å². The van der Waals surface area contributed by atoms with Crippen molar-refractivity contribution < 1.29 is 16.8 Å². The Morgan fingerprint density at radius 1 is 1.00 bits per heavy atom. The molecule has 2 heterocycles. The molecule has 0 bridgehead atoms. The van der Waals surface area contributed by atoms with Crippen LogP contribution in [0.5, 0.6) is 0 Å². The van der Waals surface area contributed by atoms with Gasteiger partial charge >= 0.3 is 0 Å². The van der Waals surface area contributed by atoms with E-state index in [1.165, 1.54) is 45.5 Å². The lowest BCUT2D eigenvalue weighted by atomic mass is 10.0. The Labute approximate surface area is 182 Å². The molecular weight excluding hydrogens is 442 g/mol. The van der Waals surface area contributed by atoms with Crippen molar-refractivity contribution in [3.05, 3.63) is 35.9 Å². The summed E-state index contributed by atoms with van der Waals surface area (Å²) in [7, 11) is -4.74. The van der Waals surface area contributed by atoms with Crippen LogP contribution in [0.1, 0.15) is 24.8 Å². The van der Waals surface area contributed by atoms with E-state index in [0.717, 1.165) is 40.0 Å². The summed E-state index contributed by atoms with van der Waals surface area (Å²) in [6.07, 6.45) is 3.77. The average Bonchev–Trinajstić information content (AvgIpc) is 3.37. The van der Waals surface area contributed by atoms with Gasteiger partial charge < -0.3 is 4.90 Å². The van der Waals surface area contributed by atoms with Crippen molar-refractivity contribution in [2.75, 3.05) is 36.8 Å². The van der Waals surface area contributed by atoms with Gasteiger partial charge in [-0.3, -0.25) is 4.72 Å². The van der Waals surface area contributed by atoms with E-state index < -0.39 is 20.0 Å². The van der Waals surface area contributed by atoms with Crippen molar-refractivity contribution in [3.8, 4) is 0 Å². The van der Waals surface area contributed by atoms with E-state index in [2.05, 4.69) is 9.62 Å². The summed E-state index contributed by atoms with van der Waals surface area (Å²) >= 11 is 0.756. The first-order valence-electron chi connectivity index (χ1n) is 9.99. The maximum Gasteiger partial charge on any atom is 0.271 e. The topological polar surface area (TPSA) is 86.8 Å². The van der Waals surface area contributed by atoms with Crippen LogP contribution in [0.3, 0.4) is 0 Å². The Balaban J connectivity index is 1.63. The van der Waals surface area contributed by atoms with Crippen LogP contribution in [0.4, 0.5) is 11.4 Å². The number of anilines is 2. The number of nitrogens with zero attached hydrogens (tertiary/aromatic N) is 2. The fraction of sp³-hybridized carbons (Fsp3) is 0.500. The van der Waals surface area contributed by atoms with Crippen molar-refractivity contribution in [2.24, 2.45) is 11.8 Å². The number of benzene rings is 1. The lowest BCUT2D eigenvalue weighted by Crippen LogP contribution is -2.24. The Morgan fingerprint density at radius 2 is 1.63 bits per heavy atom. The van der Waals surface area contributed by atoms with Gasteiger partial charge in [-0.05, 0) is 55.4 Å². The predicted molar refractivity (Wildman–Crippen MR) is 120 cm³/mol. The van der Waals surface area contributed by atoms with Crippen molar-refractivity contribution in [1.82, 2.24) is 4.31 Å². The van der Waals surface area contributed by atoms with E-state index in [1.54, 1.807) is 6.07 Å². The van der Waals surface area contributed by atoms with E-state index in [0.29, 0.717) is 17.5 Å². The van der Waals surface area contributed by atoms with Gasteiger partial charge in [0.15, 0.2) is 0 Å². The highest BCUT2D eigenvalue weighted by molar-refractivity contribution is 7.96. The van der Waals surface area contributed by atoms with Gasteiger partial charge in [0.25, 0.3) is 20.0 Å². The molecule has 1 aliphatic carbocycles. The second kappa shape index (κ2) is 7.81. The van der Waals surface area contributed by atoms with E-state index >= 15 is 0 Å². The standard InChI is InChI=1S/C20H27N3O4S3/c1-14-6-4-9-17(20(14)23-12-15-7-5-8-16(15)13-23)21-29(24,25)18-10-11-19(28-18)30(26,27)22(2)3/h4,6,9-11,15-16,21H,5,7-8,12-13H2,1-3H3. The average molecular weight is 470 g/mol. The summed E-state index contributed by atoms with van der Waals surface area (Å²) in [5.41, 5.74) is 2.49. The Morgan fingerprint density at radius 3 is 2.27 bits per heavy atom. The molecule has 2 fully saturated rings. The second-order valence-corrected chi connectivity index (χ2v) is 13.7. The quantitative estimate of drug-likeness (QED) is 0.701. The molecule has 2 aromatic rings. The van der Waals surface area contributed by atoms with Gasteiger partial charge in [0.2, 0.25) is 0 Å². The second-order valence-electron chi connectivity index (χ2n) is 8.29. The van der Waals surface area contributed by atoms with Crippen LogP contribution in [-0.2, 0) is 20.0 Å². The van der Waals surface area contributed by atoms with Gasteiger partial charge in [-0.2, -0.15) is 0 Å². The highest BCUT2D eigenvalue weighted by Crippen LogP contribution is 2.43.